The topological polar surface area (TPSA) is 45.2 Å². The van der Waals surface area contributed by atoms with Gasteiger partial charge in [0.1, 0.15) is 5.82 Å². The smallest absolute Gasteiger partial charge is 0.255 e. The van der Waals surface area contributed by atoms with Gasteiger partial charge < -0.3 is 10.2 Å². The fourth-order valence-electron chi connectivity index (χ4n) is 3.03. The molecule has 1 fully saturated rings. The van der Waals surface area contributed by atoms with Gasteiger partial charge in [-0.15, -0.1) is 0 Å². The number of unbranched alkanes of at least 4 members (excludes halogenated alkanes) is 1. The minimum Gasteiger partial charge on any atom is -0.356 e. The highest BCUT2D eigenvalue weighted by atomic mass is 16.1. The summed E-state index contributed by atoms with van der Waals surface area (Å²) in [7, 11) is 0. The van der Waals surface area contributed by atoms with Crippen LogP contribution in [0.25, 0.3) is 0 Å². The van der Waals surface area contributed by atoms with Gasteiger partial charge in [0.15, 0.2) is 0 Å². The number of carbonyl (C=O) groups excluding carboxylic acids is 1. The Hall–Kier alpha value is -1.58. The Bertz CT molecular complexity index is 469. The Kier molecular flexibility index (Phi) is 6.69. The number of hydrogen-bond donors (Lipinski definition) is 1. The Labute approximate surface area is 134 Å². The number of carbonyl (C=O) groups is 1. The van der Waals surface area contributed by atoms with Gasteiger partial charge in [-0.25, -0.2) is 4.98 Å². The molecule has 4 nitrogen and oxygen atoms in total. The van der Waals surface area contributed by atoms with Gasteiger partial charge in [0, 0.05) is 25.8 Å². The van der Waals surface area contributed by atoms with Crippen molar-refractivity contribution in [2.45, 2.75) is 52.4 Å². The average molecular weight is 303 g/mol. The van der Waals surface area contributed by atoms with Crippen LogP contribution in [0.3, 0.4) is 0 Å². The first-order chi connectivity index (χ1) is 10.8. The van der Waals surface area contributed by atoms with Gasteiger partial charge in [-0.05, 0) is 37.3 Å². The lowest BCUT2D eigenvalue weighted by molar-refractivity contribution is 0.0946. The number of anilines is 1. The Morgan fingerprint density at radius 3 is 2.82 bits per heavy atom. The second-order valence-electron chi connectivity index (χ2n) is 6.20. The van der Waals surface area contributed by atoms with E-state index >= 15 is 0 Å². The van der Waals surface area contributed by atoms with Crippen molar-refractivity contribution < 1.29 is 4.79 Å². The molecule has 0 spiro atoms. The van der Waals surface area contributed by atoms with Crippen molar-refractivity contribution >= 4 is 11.7 Å². The van der Waals surface area contributed by atoms with E-state index in [1.54, 1.807) is 6.20 Å². The van der Waals surface area contributed by atoms with E-state index in [2.05, 4.69) is 29.0 Å². The van der Waals surface area contributed by atoms with Crippen molar-refractivity contribution in [3.05, 3.63) is 23.9 Å². The molecule has 2 rings (SSSR count). The number of aromatic nitrogens is 1. The third kappa shape index (κ3) is 4.46. The van der Waals surface area contributed by atoms with Gasteiger partial charge in [0.05, 0.1) is 5.56 Å². The first-order valence-corrected chi connectivity index (χ1v) is 8.74. The summed E-state index contributed by atoms with van der Waals surface area (Å²) in [6, 6.07) is 3.74. The molecule has 1 unspecified atom stereocenters. The third-order valence-electron chi connectivity index (χ3n) is 4.53. The van der Waals surface area contributed by atoms with Crippen LogP contribution in [0.15, 0.2) is 18.3 Å². The molecule has 0 radical (unpaired) electrons. The Morgan fingerprint density at radius 1 is 1.36 bits per heavy atom. The molecule has 1 aliphatic rings. The summed E-state index contributed by atoms with van der Waals surface area (Å²) in [6.07, 6.45) is 8.91. The van der Waals surface area contributed by atoms with E-state index in [9.17, 15) is 4.79 Å². The van der Waals surface area contributed by atoms with Gasteiger partial charge in [-0.3, -0.25) is 4.79 Å². The highest BCUT2D eigenvalue weighted by molar-refractivity contribution is 5.98. The Balaban J connectivity index is 1.97. The molecule has 1 aromatic rings. The fourth-order valence-corrected chi connectivity index (χ4v) is 3.03. The first kappa shape index (κ1) is 16.8. The van der Waals surface area contributed by atoms with E-state index in [0.717, 1.165) is 37.4 Å². The standard InChI is InChI=1S/C18H29N3O/c1-3-5-9-15(4-2)14-20-18(22)16-10-8-11-19-17(16)21-12-6-7-13-21/h8,10-11,15H,3-7,9,12-14H2,1-2H3,(H,20,22). The zero-order valence-corrected chi connectivity index (χ0v) is 14.0. The van der Waals surface area contributed by atoms with Crippen molar-refractivity contribution in [3.63, 3.8) is 0 Å². The fraction of sp³-hybridized carbons (Fsp3) is 0.667. The lowest BCUT2D eigenvalue weighted by Gasteiger charge is -2.20. The van der Waals surface area contributed by atoms with Gasteiger partial charge in [-0.2, -0.15) is 0 Å². The van der Waals surface area contributed by atoms with Crippen molar-refractivity contribution in [2.24, 2.45) is 5.92 Å². The van der Waals surface area contributed by atoms with Crippen LogP contribution in [0, 0.1) is 5.92 Å². The molecule has 1 aliphatic heterocycles. The molecule has 0 saturated carbocycles. The van der Waals surface area contributed by atoms with E-state index in [-0.39, 0.29) is 5.91 Å². The summed E-state index contributed by atoms with van der Waals surface area (Å²) in [5.74, 6) is 1.44. The number of nitrogens with one attached hydrogen (secondary N) is 1. The number of nitrogens with zero attached hydrogens (tertiary/aromatic N) is 2. The number of pyridine rings is 1. The largest absolute Gasteiger partial charge is 0.356 e. The zero-order valence-electron chi connectivity index (χ0n) is 14.0. The zero-order chi connectivity index (χ0) is 15.8. The first-order valence-electron chi connectivity index (χ1n) is 8.74. The molecule has 1 amide bonds. The third-order valence-corrected chi connectivity index (χ3v) is 4.53. The van der Waals surface area contributed by atoms with Gasteiger partial charge in [-0.1, -0.05) is 33.1 Å². The molecule has 1 N–H and O–H groups in total. The second kappa shape index (κ2) is 8.76. The number of amides is 1. The molecule has 1 saturated heterocycles. The van der Waals surface area contributed by atoms with E-state index in [4.69, 9.17) is 0 Å². The van der Waals surface area contributed by atoms with Crippen LogP contribution < -0.4 is 10.2 Å². The molecular formula is C18H29N3O. The average Bonchev–Trinajstić information content (AvgIpc) is 3.09. The maximum absolute atomic E-state index is 12.5. The minimum atomic E-state index is 0.0185. The van der Waals surface area contributed by atoms with Crippen LogP contribution in [0.4, 0.5) is 5.82 Å². The van der Waals surface area contributed by atoms with Gasteiger partial charge >= 0.3 is 0 Å². The quantitative estimate of drug-likeness (QED) is 0.797. The molecule has 0 aliphatic carbocycles. The van der Waals surface area contributed by atoms with Gasteiger partial charge in [0.2, 0.25) is 0 Å². The number of rotatable bonds is 8. The summed E-state index contributed by atoms with van der Waals surface area (Å²) in [5.41, 5.74) is 0.717. The Morgan fingerprint density at radius 2 is 2.14 bits per heavy atom. The van der Waals surface area contributed by atoms with Crippen LogP contribution in [0.5, 0.6) is 0 Å². The van der Waals surface area contributed by atoms with E-state index in [0.29, 0.717) is 5.92 Å². The van der Waals surface area contributed by atoms with Crippen molar-refractivity contribution in [1.82, 2.24) is 10.3 Å². The highest BCUT2D eigenvalue weighted by Crippen LogP contribution is 2.22. The van der Waals surface area contributed by atoms with Crippen LogP contribution >= 0.6 is 0 Å². The predicted molar refractivity (Wildman–Crippen MR) is 91.3 cm³/mol. The maximum atomic E-state index is 12.5. The molecule has 122 valence electrons. The van der Waals surface area contributed by atoms with E-state index in [1.165, 1.54) is 32.1 Å². The lowest BCUT2D eigenvalue weighted by atomic mass is 9.99. The molecule has 1 atom stereocenters. The van der Waals surface area contributed by atoms with E-state index in [1.807, 2.05) is 12.1 Å². The van der Waals surface area contributed by atoms with Crippen LogP contribution in [0.2, 0.25) is 0 Å². The van der Waals surface area contributed by atoms with E-state index < -0.39 is 0 Å². The summed E-state index contributed by atoms with van der Waals surface area (Å²) in [6.45, 7) is 7.19. The molecule has 1 aromatic heterocycles. The molecule has 4 heteroatoms. The van der Waals surface area contributed by atoms with Crippen molar-refractivity contribution in [3.8, 4) is 0 Å². The highest BCUT2D eigenvalue weighted by Gasteiger charge is 2.20. The summed E-state index contributed by atoms with van der Waals surface area (Å²) in [4.78, 5) is 19.2. The van der Waals surface area contributed by atoms with Crippen molar-refractivity contribution in [1.29, 1.82) is 0 Å². The second-order valence-corrected chi connectivity index (χ2v) is 6.20. The molecule has 0 aromatic carbocycles. The van der Waals surface area contributed by atoms with Crippen molar-refractivity contribution in [2.75, 3.05) is 24.5 Å². The van der Waals surface area contributed by atoms with Crippen LogP contribution in [-0.4, -0.2) is 30.5 Å². The van der Waals surface area contributed by atoms with Crippen LogP contribution in [0.1, 0.15) is 62.7 Å². The predicted octanol–water partition coefficient (Wildman–Crippen LogP) is 3.63. The summed E-state index contributed by atoms with van der Waals surface area (Å²) in [5, 5.41) is 3.12. The monoisotopic (exact) mass is 303 g/mol. The molecular weight excluding hydrogens is 274 g/mol. The molecule has 2 heterocycles. The van der Waals surface area contributed by atoms with Gasteiger partial charge in [0.25, 0.3) is 5.91 Å². The van der Waals surface area contributed by atoms with Crippen LogP contribution in [-0.2, 0) is 0 Å². The maximum Gasteiger partial charge on any atom is 0.255 e. The molecule has 22 heavy (non-hydrogen) atoms. The SMILES string of the molecule is CCCCC(CC)CNC(=O)c1cccnc1N1CCCC1. The lowest BCUT2D eigenvalue weighted by Crippen LogP contribution is -2.31. The summed E-state index contributed by atoms with van der Waals surface area (Å²) < 4.78 is 0. The summed E-state index contributed by atoms with van der Waals surface area (Å²) >= 11 is 0. The number of hydrogen-bond acceptors (Lipinski definition) is 3. The minimum absolute atomic E-state index is 0.0185. The normalized spacial score (nSPS) is 15.8. The molecule has 0 bridgehead atoms.